The van der Waals surface area contributed by atoms with Crippen LogP contribution < -0.4 is 10.6 Å². The number of anilines is 1. The van der Waals surface area contributed by atoms with Crippen molar-refractivity contribution >= 4 is 28.5 Å². The van der Waals surface area contributed by atoms with E-state index in [2.05, 4.69) is 10.6 Å². The topological polar surface area (TPSA) is 71.3 Å². The van der Waals surface area contributed by atoms with Gasteiger partial charge < -0.3 is 15.1 Å². The van der Waals surface area contributed by atoms with Crippen LogP contribution in [0.25, 0.3) is 11.0 Å². The summed E-state index contributed by atoms with van der Waals surface area (Å²) in [7, 11) is 0. The smallest absolute Gasteiger partial charge is 0.243 e. The molecule has 0 saturated carbocycles. The number of rotatable bonds is 5. The molecule has 0 atom stereocenters. The third kappa shape index (κ3) is 4.11. The maximum absolute atomic E-state index is 12.2. The first-order valence-corrected chi connectivity index (χ1v) is 8.53. The molecule has 2 amide bonds. The minimum atomic E-state index is -0.259. The van der Waals surface area contributed by atoms with E-state index in [0.29, 0.717) is 5.69 Å². The summed E-state index contributed by atoms with van der Waals surface area (Å²) in [5.41, 5.74) is 5.72. The maximum Gasteiger partial charge on any atom is 0.243 e. The van der Waals surface area contributed by atoms with Gasteiger partial charge >= 0.3 is 0 Å². The van der Waals surface area contributed by atoms with Gasteiger partial charge in [-0.05, 0) is 56.2 Å². The molecule has 2 aromatic carbocycles. The van der Waals surface area contributed by atoms with Crippen LogP contribution in [0.15, 0.2) is 47.1 Å². The summed E-state index contributed by atoms with van der Waals surface area (Å²) in [5.74, 6) is -0.476. The second-order valence-electron chi connectivity index (χ2n) is 6.56. The first-order valence-electron chi connectivity index (χ1n) is 8.53. The Bertz CT molecular complexity index is 955. The minimum absolute atomic E-state index is 0.0688. The lowest BCUT2D eigenvalue weighted by atomic mass is 10.0. The SMILES string of the molecule is Cc1ccc(NC(=O)CNC(=O)Cc2coc3cc(C)c(C)cc23)cc1. The van der Waals surface area contributed by atoms with Gasteiger partial charge in [0.15, 0.2) is 0 Å². The fraction of sp³-hybridized carbons (Fsp3) is 0.238. The lowest BCUT2D eigenvalue weighted by Crippen LogP contribution is -2.33. The lowest BCUT2D eigenvalue weighted by molar-refractivity contribution is -0.123. The molecule has 5 nitrogen and oxygen atoms in total. The molecule has 0 bridgehead atoms. The number of amides is 2. The average molecular weight is 350 g/mol. The van der Waals surface area contributed by atoms with E-state index < -0.39 is 0 Å². The van der Waals surface area contributed by atoms with Gasteiger partial charge in [-0.25, -0.2) is 0 Å². The van der Waals surface area contributed by atoms with Crippen LogP contribution in [0, 0.1) is 20.8 Å². The van der Waals surface area contributed by atoms with Crippen molar-refractivity contribution < 1.29 is 14.0 Å². The summed E-state index contributed by atoms with van der Waals surface area (Å²) < 4.78 is 5.54. The first-order chi connectivity index (χ1) is 12.4. The Morgan fingerprint density at radius 3 is 2.38 bits per heavy atom. The summed E-state index contributed by atoms with van der Waals surface area (Å²) in [6.45, 7) is 5.96. The number of benzene rings is 2. The molecule has 26 heavy (non-hydrogen) atoms. The largest absolute Gasteiger partial charge is 0.464 e. The standard InChI is InChI=1S/C21H22N2O3/c1-13-4-6-17(7-5-13)23-21(25)11-22-20(24)10-16-12-26-19-9-15(3)14(2)8-18(16)19/h4-9,12H,10-11H2,1-3H3,(H,22,24)(H,23,25). The molecule has 0 aliphatic heterocycles. The molecule has 1 aromatic heterocycles. The molecule has 0 fully saturated rings. The van der Waals surface area contributed by atoms with E-state index in [0.717, 1.165) is 33.2 Å². The first kappa shape index (κ1) is 17.7. The number of hydrogen-bond donors (Lipinski definition) is 2. The van der Waals surface area contributed by atoms with E-state index >= 15 is 0 Å². The van der Waals surface area contributed by atoms with Crippen LogP contribution in [0.4, 0.5) is 5.69 Å². The molecule has 5 heteroatoms. The van der Waals surface area contributed by atoms with Gasteiger partial charge in [-0.2, -0.15) is 0 Å². The second kappa shape index (κ2) is 7.44. The van der Waals surface area contributed by atoms with Gasteiger partial charge in [0, 0.05) is 16.6 Å². The van der Waals surface area contributed by atoms with Crippen LogP contribution in [-0.2, 0) is 16.0 Å². The van der Waals surface area contributed by atoms with Crippen molar-refractivity contribution in [3.63, 3.8) is 0 Å². The summed E-state index contributed by atoms with van der Waals surface area (Å²) in [6, 6.07) is 11.5. The summed E-state index contributed by atoms with van der Waals surface area (Å²) in [4.78, 5) is 24.1. The van der Waals surface area contributed by atoms with Crippen molar-refractivity contribution in [1.82, 2.24) is 5.32 Å². The van der Waals surface area contributed by atoms with Gasteiger partial charge in [-0.1, -0.05) is 17.7 Å². The Kier molecular flexibility index (Phi) is 5.07. The number of aryl methyl sites for hydroxylation is 3. The maximum atomic E-state index is 12.2. The molecule has 3 aromatic rings. The van der Waals surface area contributed by atoms with Crippen LogP contribution in [0.5, 0.6) is 0 Å². The normalized spacial score (nSPS) is 10.7. The molecule has 134 valence electrons. The van der Waals surface area contributed by atoms with Gasteiger partial charge in [-0.3, -0.25) is 9.59 Å². The number of nitrogens with one attached hydrogen (secondary N) is 2. The lowest BCUT2D eigenvalue weighted by Gasteiger charge is -2.07. The Balaban J connectivity index is 1.56. The molecule has 0 saturated heterocycles. The molecular formula is C21H22N2O3. The summed E-state index contributed by atoms with van der Waals surface area (Å²) in [6.07, 6.45) is 1.78. The molecule has 0 aliphatic carbocycles. The van der Waals surface area contributed by atoms with Crippen molar-refractivity contribution in [1.29, 1.82) is 0 Å². The van der Waals surface area contributed by atoms with Crippen LogP contribution in [0.1, 0.15) is 22.3 Å². The number of carbonyl (C=O) groups excluding carboxylic acids is 2. The molecular weight excluding hydrogens is 328 g/mol. The Morgan fingerprint density at radius 2 is 1.65 bits per heavy atom. The predicted molar refractivity (Wildman–Crippen MR) is 102 cm³/mol. The van der Waals surface area contributed by atoms with E-state index in [1.54, 1.807) is 6.26 Å². The fourth-order valence-electron chi connectivity index (χ4n) is 2.73. The molecule has 2 N–H and O–H groups in total. The zero-order chi connectivity index (χ0) is 18.7. The monoisotopic (exact) mass is 350 g/mol. The summed E-state index contributed by atoms with van der Waals surface area (Å²) >= 11 is 0. The van der Waals surface area contributed by atoms with Crippen molar-refractivity contribution in [2.45, 2.75) is 27.2 Å². The zero-order valence-corrected chi connectivity index (χ0v) is 15.2. The van der Waals surface area contributed by atoms with Crippen molar-refractivity contribution in [2.75, 3.05) is 11.9 Å². The zero-order valence-electron chi connectivity index (χ0n) is 15.2. The van der Waals surface area contributed by atoms with E-state index in [9.17, 15) is 9.59 Å². The number of carbonyl (C=O) groups is 2. The third-order valence-corrected chi connectivity index (χ3v) is 4.40. The second-order valence-corrected chi connectivity index (χ2v) is 6.56. The van der Waals surface area contributed by atoms with Gasteiger partial charge in [0.2, 0.25) is 11.8 Å². The minimum Gasteiger partial charge on any atom is -0.464 e. The molecule has 0 radical (unpaired) electrons. The Morgan fingerprint density at radius 1 is 0.962 bits per heavy atom. The number of hydrogen-bond acceptors (Lipinski definition) is 3. The predicted octanol–water partition coefficient (Wildman–Crippen LogP) is 3.66. The van der Waals surface area contributed by atoms with Crippen LogP contribution >= 0.6 is 0 Å². The van der Waals surface area contributed by atoms with Crippen molar-refractivity contribution in [3.05, 3.63) is 64.9 Å². The fourth-order valence-corrected chi connectivity index (χ4v) is 2.73. The van der Waals surface area contributed by atoms with E-state index in [1.165, 1.54) is 0 Å². The van der Waals surface area contributed by atoms with E-state index in [-0.39, 0.29) is 24.8 Å². The third-order valence-electron chi connectivity index (χ3n) is 4.40. The molecule has 0 unspecified atom stereocenters. The van der Waals surface area contributed by atoms with Crippen LogP contribution in [-0.4, -0.2) is 18.4 Å². The van der Waals surface area contributed by atoms with Crippen LogP contribution in [0.2, 0.25) is 0 Å². The highest BCUT2D eigenvalue weighted by Crippen LogP contribution is 2.25. The number of fused-ring (bicyclic) bond motifs is 1. The Hall–Kier alpha value is -3.08. The van der Waals surface area contributed by atoms with Gasteiger partial charge in [0.05, 0.1) is 19.2 Å². The molecule has 0 aliphatic rings. The number of furan rings is 1. The van der Waals surface area contributed by atoms with Crippen LogP contribution in [0.3, 0.4) is 0 Å². The quantitative estimate of drug-likeness (QED) is 0.738. The highest BCUT2D eigenvalue weighted by atomic mass is 16.3. The van der Waals surface area contributed by atoms with E-state index in [1.807, 2.05) is 57.2 Å². The van der Waals surface area contributed by atoms with Gasteiger partial charge in [0.1, 0.15) is 5.58 Å². The molecule has 3 rings (SSSR count). The molecule has 0 spiro atoms. The highest BCUT2D eigenvalue weighted by Gasteiger charge is 2.12. The molecule has 1 heterocycles. The van der Waals surface area contributed by atoms with Crippen molar-refractivity contribution in [3.8, 4) is 0 Å². The Labute approximate surface area is 152 Å². The average Bonchev–Trinajstić information content (AvgIpc) is 2.97. The van der Waals surface area contributed by atoms with Crippen molar-refractivity contribution in [2.24, 2.45) is 0 Å². The van der Waals surface area contributed by atoms with Gasteiger partial charge in [0.25, 0.3) is 0 Å². The highest BCUT2D eigenvalue weighted by molar-refractivity contribution is 5.95. The summed E-state index contributed by atoms with van der Waals surface area (Å²) in [5, 5.41) is 6.34. The van der Waals surface area contributed by atoms with Gasteiger partial charge in [-0.15, -0.1) is 0 Å². The van der Waals surface area contributed by atoms with E-state index in [4.69, 9.17) is 4.42 Å².